The second-order valence-corrected chi connectivity index (χ2v) is 7.42. The van der Waals surface area contributed by atoms with Gasteiger partial charge >= 0.3 is 0 Å². The van der Waals surface area contributed by atoms with Gasteiger partial charge in [-0.1, -0.05) is 11.6 Å². The average molecular weight is 394 g/mol. The Morgan fingerprint density at radius 2 is 2.27 bits per heavy atom. The number of anilines is 1. The van der Waals surface area contributed by atoms with E-state index < -0.39 is 11.9 Å². The highest BCUT2D eigenvalue weighted by molar-refractivity contribution is 7.97. The Morgan fingerprint density at radius 3 is 2.96 bits per heavy atom. The van der Waals surface area contributed by atoms with Gasteiger partial charge in [0.25, 0.3) is 5.91 Å². The number of nitrogens with one attached hydrogen (secondary N) is 2. The van der Waals surface area contributed by atoms with Crippen molar-refractivity contribution in [3.8, 4) is 6.07 Å². The van der Waals surface area contributed by atoms with Gasteiger partial charge in [0, 0.05) is 30.0 Å². The molecule has 0 fully saturated rings. The van der Waals surface area contributed by atoms with E-state index in [1.807, 2.05) is 18.4 Å². The molecule has 0 saturated carbocycles. The summed E-state index contributed by atoms with van der Waals surface area (Å²) in [6.45, 7) is 4.75. The molecule has 9 heteroatoms. The van der Waals surface area contributed by atoms with Gasteiger partial charge in [-0.05, 0) is 44.7 Å². The van der Waals surface area contributed by atoms with Crippen LogP contribution in [0.5, 0.6) is 0 Å². The topological polar surface area (TPSA) is 82.7 Å². The quantitative estimate of drug-likeness (QED) is 0.597. The molecule has 0 atom stereocenters. The van der Waals surface area contributed by atoms with E-state index in [2.05, 4.69) is 15.0 Å². The molecule has 0 aromatic carbocycles. The van der Waals surface area contributed by atoms with Crippen LogP contribution in [0.15, 0.2) is 17.0 Å². The number of fused-ring (bicyclic) bond motifs is 1. The minimum atomic E-state index is -0.830. The third kappa shape index (κ3) is 3.70. The molecule has 3 rings (SSSR count). The molecule has 0 radical (unpaired) electrons. The zero-order valence-corrected chi connectivity index (χ0v) is 15.8. The number of hydrogen-bond donors (Lipinski definition) is 2. The van der Waals surface area contributed by atoms with Gasteiger partial charge in [-0.3, -0.25) is 9.52 Å². The van der Waals surface area contributed by atoms with Gasteiger partial charge in [0.2, 0.25) is 5.95 Å². The predicted molar refractivity (Wildman–Crippen MR) is 98.8 cm³/mol. The molecule has 3 heterocycles. The van der Waals surface area contributed by atoms with E-state index in [0.717, 1.165) is 29.5 Å². The van der Waals surface area contributed by atoms with Crippen molar-refractivity contribution in [3.63, 3.8) is 0 Å². The molecule has 0 unspecified atom stereocenters. The number of pyridine rings is 1. The van der Waals surface area contributed by atoms with Gasteiger partial charge in [-0.15, -0.1) is 0 Å². The maximum atomic E-state index is 13.5. The lowest BCUT2D eigenvalue weighted by Crippen LogP contribution is -2.17. The largest absolute Gasteiger partial charge is 0.338 e. The monoisotopic (exact) mass is 393 g/mol. The summed E-state index contributed by atoms with van der Waals surface area (Å²) in [5.74, 6) is -1.27. The molecule has 1 amide bonds. The third-order valence-electron chi connectivity index (χ3n) is 3.84. The van der Waals surface area contributed by atoms with Crippen molar-refractivity contribution in [2.75, 3.05) is 5.32 Å². The number of halogens is 2. The van der Waals surface area contributed by atoms with E-state index in [1.54, 1.807) is 6.07 Å². The standard InChI is InChI=1S/C17H17ClFN5OS/c1-9(2)23-26-16-12-4-3-5-24(12)15(14(16)18)17(25)22-10-6-11(8-20)21-13(19)7-10/h6-7,9,23H,3-5H2,1-2H3,(H,21,22,25). The van der Waals surface area contributed by atoms with E-state index in [1.165, 1.54) is 18.0 Å². The van der Waals surface area contributed by atoms with Crippen LogP contribution in [0.2, 0.25) is 5.02 Å². The number of nitrogens with zero attached hydrogens (tertiary/aromatic N) is 3. The number of carbonyl (C=O) groups excluding carboxylic acids is 1. The highest BCUT2D eigenvalue weighted by Gasteiger charge is 2.29. The molecule has 26 heavy (non-hydrogen) atoms. The summed E-state index contributed by atoms with van der Waals surface area (Å²) >= 11 is 7.92. The molecular formula is C17H17ClFN5OS. The lowest BCUT2D eigenvalue weighted by Gasteiger charge is -2.09. The number of hydrogen-bond acceptors (Lipinski definition) is 5. The molecule has 0 aliphatic carbocycles. The first kappa shape index (κ1) is 18.7. The van der Waals surface area contributed by atoms with Crippen LogP contribution in [0.3, 0.4) is 0 Å². The Labute approximate surface area is 159 Å². The molecule has 0 bridgehead atoms. The number of rotatable bonds is 5. The van der Waals surface area contributed by atoms with E-state index in [9.17, 15) is 9.18 Å². The minimum Gasteiger partial charge on any atom is -0.338 e. The van der Waals surface area contributed by atoms with Gasteiger partial charge in [0.05, 0.1) is 9.92 Å². The van der Waals surface area contributed by atoms with Crippen LogP contribution >= 0.6 is 23.5 Å². The van der Waals surface area contributed by atoms with Crippen LogP contribution in [0, 0.1) is 17.3 Å². The first-order valence-corrected chi connectivity index (χ1v) is 9.32. The zero-order valence-electron chi connectivity index (χ0n) is 14.3. The van der Waals surface area contributed by atoms with Crippen molar-refractivity contribution in [1.29, 1.82) is 5.26 Å². The normalized spacial score (nSPS) is 12.9. The van der Waals surface area contributed by atoms with Gasteiger partial charge < -0.3 is 9.88 Å². The number of nitriles is 1. The minimum absolute atomic E-state index is 0.107. The summed E-state index contributed by atoms with van der Waals surface area (Å²) in [5.41, 5.74) is 1.43. The fourth-order valence-electron chi connectivity index (χ4n) is 2.83. The Bertz CT molecular complexity index is 906. The summed E-state index contributed by atoms with van der Waals surface area (Å²) in [5, 5.41) is 11.9. The number of amides is 1. The number of carbonyl (C=O) groups is 1. The molecule has 2 N–H and O–H groups in total. The SMILES string of the molecule is CC(C)NSc1c(Cl)c(C(=O)Nc2cc(F)nc(C#N)c2)n2c1CCC2. The summed E-state index contributed by atoms with van der Waals surface area (Å²) in [4.78, 5) is 17.1. The summed E-state index contributed by atoms with van der Waals surface area (Å²) in [6, 6.07) is 4.40. The first-order valence-electron chi connectivity index (χ1n) is 8.13. The van der Waals surface area contributed by atoms with E-state index >= 15 is 0 Å². The van der Waals surface area contributed by atoms with Gasteiger partial charge in [0.15, 0.2) is 0 Å². The Morgan fingerprint density at radius 1 is 1.50 bits per heavy atom. The molecular weight excluding hydrogens is 377 g/mol. The van der Waals surface area contributed by atoms with Crippen LogP contribution in [0.4, 0.5) is 10.1 Å². The molecule has 136 valence electrons. The second kappa shape index (κ2) is 7.66. The molecule has 2 aromatic heterocycles. The van der Waals surface area contributed by atoms with Crippen molar-refractivity contribution in [1.82, 2.24) is 14.3 Å². The molecule has 0 saturated heterocycles. The smallest absolute Gasteiger partial charge is 0.273 e. The Balaban J connectivity index is 1.92. The van der Waals surface area contributed by atoms with Crippen LogP contribution in [0.1, 0.15) is 42.1 Å². The van der Waals surface area contributed by atoms with Crippen LogP contribution in [-0.4, -0.2) is 21.5 Å². The van der Waals surface area contributed by atoms with Gasteiger partial charge in [-0.2, -0.15) is 9.65 Å². The van der Waals surface area contributed by atoms with Crippen molar-refractivity contribution in [2.45, 2.75) is 44.2 Å². The summed E-state index contributed by atoms with van der Waals surface area (Å²) in [7, 11) is 0. The second-order valence-electron chi connectivity index (χ2n) is 6.20. The maximum Gasteiger partial charge on any atom is 0.273 e. The highest BCUT2D eigenvalue weighted by atomic mass is 35.5. The summed E-state index contributed by atoms with van der Waals surface area (Å²) < 4.78 is 18.6. The fourth-order valence-corrected chi connectivity index (χ4v) is 4.11. The molecule has 6 nitrogen and oxygen atoms in total. The first-order chi connectivity index (χ1) is 12.4. The highest BCUT2D eigenvalue weighted by Crippen LogP contribution is 2.39. The molecule has 2 aromatic rings. The fraction of sp³-hybridized carbons (Fsp3) is 0.353. The summed E-state index contributed by atoms with van der Waals surface area (Å²) in [6.07, 6.45) is 1.78. The predicted octanol–water partition coefficient (Wildman–Crippen LogP) is 3.75. The Kier molecular flexibility index (Phi) is 5.51. The maximum absolute atomic E-state index is 13.5. The zero-order chi connectivity index (χ0) is 18.8. The van der Waals surface area contributed by atoms with E-state index in [-0.39, 0.29) is 17.4 Å². The van der Waals surface area contributed by atoms with Gasteiger partial charge in [0.1, 0.15) is 17.5 Å². The average Bonchev–Trinajstić information content (AvgIpc) is 3.12. The lowest BCUT2D eigenvalue weighted by atomic mass is 10.2. The van der Waals surface area contributed by atoms with Crippen molar-refractivity contribution in [2.24, 2.45) is 0 Å². The van der Waals surface area contributed by atoms with Crippen LogP contribution in [0.25, 0.3) is 0 Å². The third-order valence-corrected chi connectivity index (χ3v) is 5.55. The van der Waals surface area contributed by atoms with Crippen molar-refractivity contribution in [3.05, 3.63) is 40.2 Å². The van der Waals surface area contributed by atoms with Gasteiger partial charge in [-0.25, -0.2) is 4.98 Å². The molecule has 1 aliphatic heterocycles. The van der Waals surface area contributed by atoms with Crippen LogP contribution in [-0.2, 0) is 13.0 Å². The van der Waals surface area contributed by atoms with Crippen molar-refractivity contribution >= 4 is 35.1 Å². The van der Waals surface area contributed by atoms with E-state index in [4.69, 9.17) is 16.9 Å². The van der Waals surface area contributed by atoms with E-state index in [0.29, 0.717) is 17.3 Å². The number of aromatic nitrogens is 2. The Hall–Kier alpha value is -2.08. The lowest BCUT2D eigenvalue weighted by molar-refractivity contribution is 0.101. The van der Waals surface area contributed by atoms with Crippen molar-refractivity contribution < 1.29 is 9.18 Å². The van der Waals surface area contributed by atoms with Crippen LogP contribution < -0.4 is 10.0 Å². The molecule has 0 spiro atoms. The molecule has 1 aliphatic rings.